The maximum absolute atomic E-state index is 11.9. The molecule has 108 valence electrons. The van der Waals surface area contributed by atoms with Gasteiger partial charge in [0.25, 0.3) is 0 Å². The molecule has 1 saturated heterocycles. The molecule has 0 aliphatic carbocycles. The molecule has 1 aromatic rings. The zero-order valence-electron chi connectivity index (χ0n) is 11.9. The summed E-state index contributed by atoms with van der Waals surface area (Å²) in [5.74, 6) is -0.358. The van der Waals surface area contributed by atoms with Gasteiger partial charge in [-0.1, -0.05) is 0 Å². The molecule has 0 unspecified atom stereocenters. The molecule has 0 bridgehead atoms. The number of nitrogens with zero attached hydrogens (tertiary/aromatic N) is 1. The minimum atomic E-state index is -0.344. The summed E-state index contributed by atoms with van der Waals surface area (Å²) < 4.78 is 4.54. The van der Waals surface area contributed by atoms with E-state index in [1.165, 1.54) is 32.1 Å². The summed E-state index contributed by atoms with van der Waals surface area (Å²) in [6.45, 7) is 2.19. The first-order valence-electron chi connectivity index (χ1n) is 7.16. The van der Waals surface area contributed by atoms with Gasteiger partial charge in [-0.25, -0.2) is 0 Å². The Labute approximate surface area is 119 Å². The van der Waals surface area contributed by atoms with Gasteiger partial charge in [0.2, 0.25) is 0 Å². The normalized spacial score (nSPS) is 14.9. The fourth-order valence-electron chi connectivity index (χ4n) is 2.47. The van der Waals surface area contributed by atoms with Crippen LogP contribution in [0.3, 0.4) is 0 Å². The topological polar surface area (TPSA) is 46.6 Å². The molecule has 0 radical (unpaired) electrons. The number of ketones is 1. The van der Waals surface area contributed by atoms with Crippen molar-refractivity contribution in [1.29, 1.82) is 0 Å². The van der Waals surface area contributed by atoms with Gasteiger partial charge in [-0.15, -0.1) is 0 Å². The Morgan fingerprint density at radius 1 is 1.05 bits per heavy atom. The molecule has 0 N–H and O–H groups in total. The minimum absolute atomic E-state index is 0.0133. The fraction of sp³-hybridized carbons (Fsp3) is 0.500. The Kier molecular flexibility index (Phi) is 5.16. The zero-order valence-corrected chi connectivity index (χ0v) is 11.9. The average Bonchev–Trinajstić information content (AvgIpc) is 2.53. The van der Waals surface area contributed by atoms with E-state index in [4.69, 9.17) is 0 Å². The molecular formula is C16H21NO3. The highest BCUT2D eigenvalue weighted by atomic mass is 16.5. The standard InChI is InChI=1S/C16H21NO3/c1-20-16(19)10-9-15(18)13-5-7-14(8-6-13)17-11-3-2-4-12-17/h5-8H,2-4,9-12H2,1H3. The van der Waals surface area contributed by atoms with E-state index in [0.29, 0.717) is 5.56 Å². The minimum Gasteiger partial charge on any atom is -0.469 e. The second-order valence-corrected chi connectivity index (χ2v) is 5.09. The lowest BCUT2D eigenvalue weighted by molar-refractivity contribution is -0.140. The number of methoxy groups -OCH3 is 1. The largest absolute Gasteiger partial charge is 0.469 e. The number of rotatable bonds is 5. The third-order valence-corrected chi connectivity index (χ3v) is 3.69. The van der Waals surface area contributed by atoms with E-state index in [1.807, 2.05) is 24.3 Å². The molecule has 4 nitrogen and oxygen atoms in total. The van der Waals surface area contributed by atoms with E-state index < -0.39 is 0 Å². The van der Waals surface area contributed by atoms with Gasteiger partial charge in [0, 0.05) is 30.8 Å². The van der Waals surface area contributed by atoms with Crippen LogP contribution in [0.2, 0.25) is 0 Å². The van der Waals surface area contributed by atoms with Crippen LogP contribution in [-0.4, -0.2) is 32.0 Å². The van der Waals surface area contributed by atoms with Crippen molar-refractivity contribution >= 4 is 17.4 Å². The summed E-state index contributed by atoms with van der Waals surface area (Å²) in [7, 11) is 1.33. The molecule has 20 heavy (non-hydrogen) atoms. The highest BCUT2D eigenvalue weighted by Gasteiger charge is 2.13. The first-order chi connectivity index (χ1) is 9.70. The molecule has 2 rings (SSSR count). The lowest BCUT2D eigenvalue weighted by Crippen LogP contribution is -2.29. The number of anilines is 1. The Bertz CT molecular complexity index is 461. The van der Waals surface area contributed by atoms with Crippen LogP contribution in [0, 0.1) is 0 Å². The van der Waals surface area contributed by atoms with Crippen LogP contribution in [0.4, 0.5) is 5.69 Å². The summed E-state index contributed by atoms with van der Waals surface area (Å²) in [5, 5.41) is 0. The number of Topliss-reactive ketones (excluding diaryl/α,β-unsaturated/α-hetero) is 1. The molecule has 0 amide bonds. The summed E-state index contributed by atoms with van der Waals surface area (Å²) >= 11 is 0. The zero-order chi connectivity index (χ0) is 14.4. The van der Waals surface area contributed by atoms with Crippen molar-refractivity contribution in [2.45, 2.75) is 32.1 Å². The van der Waals surface area contributed by atoms with Crippen molar-refractivity contribution in [3.8, 4) is 0 Å². The van der Waals surface area contributed by atoms with E-state index in [2.05, 4.69) is 9.64 Å². The highest BCUT2D eigenvalue weighted by molar-refractivity contribution is 5.97. The summed E-state index contributed by atoms with van der Waals surface area (Å²) in [6.07, 6.45) is 4.12. The van der Waals surface area contributed by atoms with E-state index in [0.717, 1.165) is 13.1 Å². The van der Waals surface area contributed by atoms with Crippen molar-refractivity contribution in [2.24, 2.45) is 0 Å². The van der Waals surface area contributed by atoms with Crippen molar-refractivity contribution in [3.05, 3.63) is 29.8 Å². The Hall–Kier alpha value is -1.84. The average molecular weight is 275 g/mol. The Morgan fingerprint density at radius 3 is 2.30 bits per heavy atom. The first kappa shape index (κ1) is 14.6. The molecule has 1 fully saturated rings. The van der Waals surface area contributed by atoms with E-state index >= 15 is 0 Å². The lowest BCUT2D eigenvalue weighted by Gasteiger charge is -2.28. The monoisotopic (exact) mass is 275 g/mol. The Balaban J connectivity index is 1.93. The molecule has 1 heterocycles. The van der Waals surface area contributed by atoms with Gasteiger partial charge in [-0.2, -0.15) is 0 Å². The number of benzene rings is 1. The molecule has 0 saturated carbocycles. The predicted molar refractivity (Wildman–Crippen MR) is 78.1 cm³/mol. The van der Waals surface area contributed by atoms with Crippen LogP contribution in [0.25, 0.3) is 0 Å². The molecule has 0 aromatic heterocycles. The fourth-order valence-corrected chi connectivity index (χ4v) is 2.47. The van der Waals surface area contributed by atoms with Crippen LogP contribution in [0.5, 0.6) is 0 Å². The first-order valence-corrected chi connectivity index (χ1v) is 7.16. The van der Waals surface area contributed by atoms with Crippen molar-refractivity contribution in [1.82, 2.24) is 0 Å². The van der Waals surface area contributed by atoms with Crippen LogP contribution in [0.15, 0.2) is 24.3 Å². The third-order valence-electron chi connectivity index (χ3n) is 3.69. The molecular weight excluding hydrogens is 254 g/mol. The number of esters is 1. The smallest absolute Gasteiger partial charge is 0.305 e. The van der Waals surface area contributed by atoms with Gasteiger partial charge in [-0.3, -0.25) is 9.59 Å². The van der Waals surface area contributed by atoms with Crippen molar-refractivity contribution in [3.63, 3.8) is 0 Å². The molecule has 4 heteroatoms. The summed E-state index contributed by atoms with van der Waals surface area (Å²) in [5.41, 5.74) is 1.84. The number of hydrogen-bond donors (Lipinski definition) is 0. The van der Waals surface area contributed by atoms with Crippen LogP contribution in [0.1, 0.15) is 42.5 Å². The van der Waals surface area contributed by atoms with E-state index in [9.17, 15) is 9.59 Å². The van der Waals surface area contributed by atoms with Crippen LogP contribution in [-0.2, 0) is 9.53 Å². The molecule has 1 aliphatic heterocycles. The number of ether oxygens (including phenoxy) is 1. The predicted octanol–water partition coefficient (Wildman–Crippen LogP) is 2.81. The van der Waals surface area contributed by atoms with Gasteiger partial charge < -0.3 is 9.64 Å². The van der Waals surface area contributed by atoms with Crippen LogP contribution < -0.4 is 4.90 Å². The molecule has 1 aliphatic rings. The third kappa shape index (κ3) is 3.83. The maximum atomic E-state index is 11.9. The number of carbonyl (C=O) groups excluding carboxylic acids is 2. The Morgan fingerprint density at radius 2 is 1.70 bits per heavy atom. The SMILES string of the molecule is COC(=O)CCC(=O)c1ccc(N2CCCCC2)cc1. The molecule has 0 atom stereocenters. The second kappa shape index (κ2) is 7.08. The van der Waals surface area contributed by atoms with E-state index in [1.54, 1.807) is 0 Å². The number of piperidine rings is 1. The quantitative estimate of drug-likeness (QED) is 0.612. The van der Waals surface area contributed by atoms with Gasteiger partial charge >= 0.3 is 5.97 Å². The van der Waals surface area contributed by atoms with Crippen LogP contribution >= 0.6 is 0 Å². The highest BCUT2D eigenvalue weighted by Crippen LogP contribution is 2.20. The summed E-state index contributed by atoms with van der Waals surface area (Å²) in [4.78, 5) is 25.3. The number of hydrogen-bond acceptors (Lipinski definition) is 4. The van der Waals surface area contributed by atoms with Crippen molar-refractivity contribution < 1.29 is 14.3 Å². The van der Waals surface area contributed by atoms with Gasteiger partial charge in [0.15, 0.2) is 5.78 Å². The summed E-state index contributed by atoms with van der Waals surface area (Å²) in [6, 6.07) is 7.69. The second-order valence-electron chi connectivity index (χ2n) is 5.09. The maximum Gasteiger partial charge on any atom is 0.305 e. The number of carbonyl (C=O) groups is 2. The van der Waals surface area contributed by atoms with Crippen molar-refractivity contribution in [2.75, 3.05) is 25.1 Å². The molecule has 0 spiro atoms. The van der Waals surface area contributed by atoms with E-state index in [-0.39, 0.29) is 24.6 Å². The van der Waals surface area contributed by atoms with Gasteiger partial charge in [0.05, 0.1) is 13.5 Å². The molecule has 1 aromatic carbocycles. The van der Waals surface area contributed by atoms with Gasteiger partial charge in [-0.05, 0) is 43.5 Å². The van der Waals surface area contributed by atoms with Gasteiger partial charge in [0.1, 0.15) is 0 Å². The lowest BCUT2D eigenvalue weighted by atomic mass is 10.0.